The van der Waals surface area contributed by atoms with E-state index in [0.29, 0.717) is 5.92 Å². The Balaban J connectivity index is 0.00000420. The second-order valence-corrected chi connectivity index (χ2v) is 8.37. The Morgan fingerprint density at radius 3 is 2.52 bits per heavy atom. The van der Waals surface area contributed by atoms with Crippen molar-refractivity contribution in [3.05, 3.63) is 35.4 Å². The molecule has 0 amide bonds. The third kappa shape index (κ3) is 9.19. The maximum Gasteiger partial charge on any atom is 0.191 e. The number of aryl methyl sites for hydroxylation is 1. The number of guanidine groups is 1. The van der Waals surface area contributed by atoms with E-state index in [2.05, 4.69) is 84.6 Å². The van der Waals surface area contributed by atoms with Gasteiger partial charge in [0, 0.05) is 39.8 Å². The molecule has 0 spiro atoms. The fourth-order valence-electron chi connectivity index (χ4n) is 3.60. The average Bonchev–Trinajstić information content (AvgIpc) is 2.65. The highest BCUT2D eigenvalue weighted by Crippen LogP contribution is 2.17. The van der Waals surface area contributed by atoms with E-state index in [1.165, 1.54) is 11.1 Å². The van der Waals surface area contributed by atoms with E-state index in [1.54, 1.807) is 0 Å². The number of likely N-dealkylation sites (N-methyl/N-ethyl adjacent to an activating group) is 1. The van der Waals surface area contributed by atoms with Gasteiger partial charge in [0.25, 0.3) is 0 Å². The van der Waals surface area contributed by atoms with Crippen molar-refractivity contribution in [2.24, 2.45) is 10.9 Å². The van der Waals surface area contributed by atoms with Crippen molar-refractivity contribution in [2.75, 3.05) is 60.5 Å². The molecular formula is C22H40IN5O. The van der Waals surface area contributed by atoms with Gasteiger partial charge in [0.05, 0.1) is 18.8 Å². The van der Waals surface area contributed by atoms with Gasteiger partial charge in [-0.15, -0.1) is 24.0 Å². The van der Waals surface area contributed by atoms with Gasteiger partial charge in [-0.1, -0.05) is 43.7 Å². The van der Waals surface area contributed by atoms with Crippen LogP contribution >= 0.6 is 24.0 Å². The van der Waals surface area contributed by atoms with E-state index in [0.717, 1.165) is 45.3 Å². The molecule has 1 aromatic carbocycles. The molecule has 166 valence electrons. The predicted octanol–water partition coefficient (Wildman–Crippen LogP) is 2.74. The van der Waals surface area contributed by atoms with Gasteiger partial charge in [0.1, 0.15) is 0 Å². The molecule has 1 aliphatic heterocycles. The summed E-state index contributed by atoms with van der Waals surface area (Å²) in [4.78, 5) is 9.12. The number of benzene rings is 1. The van der Waals surface area contributed by atoms with Gasteiger partial charge < -0.3 is 20.3 Å². The summed E-state index contributed by atoms with van der Waals surface area (Å²) in [5, 5.41) is 6.91. The van der Waals surface area contributed by atoms with Crippen molar-refractivity contribution < 1.29 is 4.74 Å². The van der Waals surface area contributed by atoms with E-state index in [4.69, 9.17) is 4.74 Å². The summed E-state index contributed by atoms with van der Waals surface area (Å²) in [6, 6.07) is 9.03. The first-order valence-corrected chi connectivity index (χ1v) is 10.4. The molecule has 1 saturated heterocycles. The van der Waals surface area contributed by atoms with Gasteiger partial charge >= 0.3 is 0 Å². The molecule has 0 aliphatic carbocycles. The number of rotatable bonds is 8. The summed E-state index contributed by atoms with van der Waals surface area (Å²) in [5.74, 6) is 1.51. The molecule has 0 radical (unpaired) electrons. The zero-order valence-corrected chi connectivity index (χ0v) is 21.3. The molecule has 1 aromatic rings. The van der Waals surface area contributed by atoms with Crippen molar-refractivity contribution in [1.82, 2.24) is 20.4 Å². The minimum Gasteiger partial charge on any atom is -0.374 e. The molecule has 2 unspecified atom stereocenters. The first kappa shape index (κ1) is 26.1. The van der Waals surface area contributed by atoms with E-state index >= 15 is 0 Å². The normalized spacial score (nSPS) is 19.2. The molecule has 2 N–H and O–H groups in total. The Morgan fingerprint density at radius 2 is 1.93 bits per heavy atom. The molecular weight excluding hydrogens is 477 g/mol. The quantitative estimate of drug-likeness (QED) is 0.316. The van der Waals surface area contributed by atoms with Gasteiger partial charge in [0.15, 0.2) is 5.96 Å². The average molecular weight is 518 g/mol. The lowest BCUT2D eigenvalue weighted by Crippen LogP contribution is -2.50. The third-order valence-electron chi connectivity index (χ3n) is 5.12. The number of nitrogens with zero attached hydrogens (tertiary/aromatic N) is 3. The van der Waals surface area contributed by atoms with Crippen LogP contribution in [0.15, 0.2) is 29.3 Å². The second-order valence-electron chi connectivity index (χ2n) is 8.37. The van der Waals surface area contributed by atoms with E-state index < -0.39 is 0 Å². The Hall–Kier alpha value is -0.900. The fraction of sp³-hybridized carbons (Fsp3) is 0.682. The van der Waals surface area contributed by atoms with Gasteiger partial charge in [-0.05, 0) is 32.5 Å². The van der Waals surface area contributed by atoms with Crippen molar-refractivity contribution >= 4 is 29.9 Å². The highest BCUT2D eigenvalue weighted by Gasteiger charge is 2.21. The molecule has 2 rings (SSSR count). The van der Waals surface area contributed by atoms with Crippen LogP contribution in [0.5, 0.6) is 0 Å². The molecule has 0 aromatic heterocycles. The van der Waals surface area contributed by atoms with Crippen LogP contribution in [0, 0.1) is 12.8 Å². The van der Waals surface area contributed by atoms with Gasteiger partial charge in [-0.3, -0.25) is 9.89 Å². The van der Waals surface area contributed by atoms with Crippen LogP contribution in [0.1, 0.15) is 31.0 Å². The van der Waals surface area contributed by atoms with Crippen molar-refractivity contribution in [2.45, 2.75) is 32.9 Å². The summed E-state index contributed by atoms with van der Waals surface area (Å²) < 4.78 is 5.93. The molecule has 29 heavy (non-hydrogen) atoms. The Morgan fingerprint density at radius 1 is 1.24 bits per heavy atom. The standard InChI is InChI=1S/C22H39N5O.HI/c1-17(2)15-27-11-12-28-20(16-27)13-24-22(23-4)25-14-21(26(5)6)19-9-7-18(3)8-10-19;/h7-10,17,20-21H,11-16H2,1-6H3,(H2,23,24,25);1H. The van der Waals surface area contributed by atoms with Crippen molar-refractivity contribution in [1.29, 1.82) is 0 Å². The molecule has 1 aliphatic rings. The highest BCUT2D eigenvalue weighted by atomic mass is 127. The van der Waals surface area contributed by atoms with Crippen LogP contribution in [0.3, 0.4) is 0 Å². The van der Waals surface area contributed by atoms with Crippen molar-refractivity contribution in [3.63, 3.8) is 0 Å². The summed E-state index contributed by atoms with van der Waals surface area (Å²) >= 11 is 0. The number of hydrogen-bond donors (Lipinski definition) is 2. The molecule has 0 saturated carbocycles. The summed E-state index contributed by atoms with van der Waals surface area (Å²) in [5.41, 5.74) is 2.59. The largest absolute Gasteiger partial charge is 0.374 e. The van der Waals surface area contributed by atoms with Gasteiger partial charge in [-0.25, -0.2) is 0 Å². The number of nitrogens with one attached hydrogen (secondary N) is 2. The van der Waals surface area contributed by atoms with E-state index in [1.807, 2.05) is 7.05 Å². The zero-order chi connectivity index (χ0) is 20.5. The maximum atomic E-state index is 5.93. The van der Waals surface area contributed by atoms with E-state index in [-0.39, 0.29) is 36.1 Å². The van der Waals surface area contributed by atoms with Crippen LogP contribution in [-0.4, -0.2) is 82.3 Å². The van der Waals surface area contributed by atoms with Crippen LogP contribution in [0.4, 0.5) is 0 Å². The first-order valence-electron chi connectivity index (χ1n) is 10.4. The Bertz CT molecular complexity index is 606. The van der Waals surface area contributed by atoms with Crippen LogP contribution in [-0.2, 0) is 4.74 Å². The molecule has 1 heterocycles. The second kappa shape index (κ2) is 13.4. The lowest BCUT2D eigenvalue weighted by atomic mass is 10.0. The fourth-order valence-corrected chi connectivity index (χ4v) is 3.60. The molecule has 2 atom stereocenters. The first-order chi connectivity index (χ1) is 13.4. The topological polar surface area (TPSA) is 52.1 Å². The maximum absolute atomic E-state index is 5.93. The minimum absolute atomic E-state index is 0. The predicted molar refractivity (Wildman–Crippen MR) is 133 cm³/mol. The SMILES string of the molecule is CN=C(NCC1CN(CC(C)C)CCO1)NCC(c1ccc(C)cc1)N(C)C.I. The number of aliphatic imine (C=N–C) groups is 1. The van der Waals surface area contributed by atoms with Crippen molar-refractivity contribution in [3.8, 4) is 0 Å². The number of hydrogen-bond acceptors (Lipinski definition) is 4. The lowest BCUT2D eigenvalue weighted by molar-refractivity contribution is -0.0284. The smallest absolute Gasteiger partial charge is 0.191 e. The molecule has 7 heteroatoms. The summed E-state index contributed by atoms with van der Waals surface area (Å²) in [7, 11) is 6.04. The molecule has 0 bridgehead atoms. The Kier molecular flexibility index (Phi) is 12.1. The monoisotopic (exact) mass is 517 g/mol. The number of ether oxygens (including phenoxy) is 1. The molecule has 1 fully saturated rings. The minimum atomic E-state index is 0. The summed E-state index contributed by atoms with van der Waals surface area (Å²) in [6.45, 7) is 12.2. The zero-order valence-electron chi connectivity index (χ0n) is 18.9. The number of halogens is 1. The number of morpholine rings is 1. The van der Waals surface area contributed by atoms with Crippen LogP contribution in [0.25, 0.3) is 0 Å². The Labute approximate surface area is 194 Å². The highest BCUT2D eigenvalue weighted by molar-refractivity contribution is 14.0. The van der Waals surface area contributed by atoms with Gasteiger partial charge in [0.2, 0.25) is 0 Å². The summed E-state index contributed by atoms with van der Waals surface area (Å²) in [6.07, 6.45) is 0.202. The van der Waals surface area contributed by atoms with Crippen LogP contribution in [0.2, 0.25) is 0 Å². The third-order valence-corrected chi connectivity index (χ3v) is 5.12. The molecule has 6 nitrogen and oxygen atoms in total. The lowest BCUT2D eigenvalue weighted by Gasteiger charge is -2.34. The van der Waals surface area contributed by atoms with Gasteiger partial charge in [-0.2, -0.15) is 0 Å². The van der Waals surface area contributed by atoms with Crippen LogP contribution < -0.4 is 10.6 Å². The van der Waals surface area contributed by atoms with E-state index in [9.17, 15) is 0 Å².